The van der Waals surface area contributed by atoms with Gasteiger partial charge in [0.1, 0.15) is 17.3 Å². The zero-order valence-corrected chi connectivity index (χ0v) is 19.8. The molecule has 1 saturated carbocycles. The lowest BCUT2D eigenvalue weighted by atomic mass is 10.0. The van der Waals surface area contributed by atoms with Crippen molar-refractivity contribution < 1.29 is 14.3 Å². The van der Waals surface area contributed by atoms with E-state index in [0.717, 1.165) is 16.0 Å². The first-order chi connectivity index (χ1) is 16.3. The van der Waals surface area contributed by atoms with Gasteiger partial charge in [-0.3, -0.25) is 9.80 Å². The van der Waals surface area contributed by atoms with Gasteiger partial charge in [-0.05, 0) is 80.1 Å². The smallest absolute Gasteiger partial charge is 0.259 e. The van der Waals surface area contributed by atoms with Crippen LogP contribution in [-0.4, -0.2) is 39.5 Å². The quantitative estimate of drug-likeness (QED) is 0.176. The van der Waals surface area contributed by atoms with Crippen LogP contribution in [0, 0.1) is 12.7 Å². The Bertz CT molecular complexity index is 1240. The average Bonchev–Trinajstić information content (AvgIpc) is 3.56. The van der Waals surface area contributed by atoms with Crippen LogP contribution in [0.2, 0.25) is 0 Å². The molecule has 1 aromatic carbocycles. The number of nitrogens with zero attached hydrogens (tertiary/aromatic N) is 3. The van der Waals surface area contributed by atoms with Crippen molar-refractivity contribution in [2.75, 3.05) is 11.9 Å². The second-order valence-corrected chi connectivity index (χ2v) is 9.49. The Morgan fingerprint density at radius 3 is 2.79 bits per heavy atom. The van der Waals surface area contributed by atoms with E-state index in [0.29, 0.717) is 11.6 Å². The third-order valence-electron chi connectivity index (χ3n) is 5.76. The van der Waals surface area contributed by atoms with Crippen molar-refractivity contribution >= 4 is 28.9 Å². The highest BCUT2D eigenvalue weighted by molar-refractivity contribution is 7.15. The molecule has 1 amide bonds. The molecule has 0 spiro atoms. The van der Waals surface area contributed by atoms with Crippen molar-refractivity contribution in [3.63, 3.8) is 0 Å². The molecule has 3 aromatic rings. The number of hydrazine groups is 1. The van der Waals surface area contributed by atoms with E-state index in [1.807, 2.05) is 13.0 Å². The summed E-state index contributed by atoms with van der Waals surface area (Å²) in [6.45, 7) is 3.31. The van der Waals surface area contributed by atoms with Crippen LogP contribution in [0.5, 0.6) is 0 Å². The molecular formula is C24H27FN6O2S. The average molecular weight is 483 g/mol. The second-order valence-electron chi connectivity index (χ2n) is 8.38. The Morgan fingerprint density at radius 2 is 2.12 bits per heavy atom. The van der Waals surface area contributed by atoms with Crippen molar-refractivity contribution in [1.29, 1.82) is 0 Å². The Hall–Kier alpha value is -3.34. The zero-order valence-electron chi connectivity index (χ0n) is 19.0. The molecule has 2 heterocycles. The minimum atomic E-state index is -0.623. The van der Waals surface area contributed by atoms with E-state index in [2.05, 4.69) is 21.5 Å². The van der Waals surface area contributed by atoms with Gasteiger partial charge in [0.05, 0.1) is 18.2 Å². The molecule has 34 heavy (non-hydrogen) atoms. The van der Waals surface area contributed by atoms with E-state index in [4.69, 9.17) is 11.7 Å². The monoisotopic (exact) mass is 482 g/mol. The number of halogens is 1. The molecule has 4 rings (SSSR count). The number of carbonyl (C=O) groups excluding carboxylic acids is 1. The first-order valence-electron chi connectivity index (χ1n) is 10.9. The van der Waals surface area contributed by atoms with Gasteiger partial charge >= 0.3 is 0 Å². The number of aromatic nitrogens is 1. The van der Waals surface area contributed by atoms with E-state index in [9.17, 15) is 14.3 Å². The van der Waals surface area contributed by atoms with Crippen LogP contribution in [-0.2, 0) is 0 Å². The number of amides is 1. The van der Waals surface area contributed by atoms with Crippen LogP contribution < -0.4 is 17.0 Å². The van der Waals surface area contributed by atoms with Crippen LogP contribution in [0.3, 0.4) is 0 Å². The molecule has 0 radical (unpaired) electrons. The number of aliphatic hydroxyl groups excluding tert-OH is 1. The number of carbonyl (C=O) groups is 1. The highest BCUT2D eigenvalue weighted by Crippen LogP contribution is 2.45. The fraction of sp³-hybridized carbons (Fsp3) is 0.292. The minimum absolute atomic E-state index is 0.0729. The van der Waals surface area contributed by atoms with Crippen LogP contribution in [0.15, 0.2) is 47.6 Å². The van der Waals surface area contributed by atoms with E-state index < -0.39 is 17.8 Å². The summed E-state index contributed by atoms with van der Waals surface area (Å²) < 4.78 is 14.8. The molecule has 0 bridgehead atoms. The summed E-state index contributed by atoms with van der Waals surface area (Å²) in [4.78, 5) is 19.7. The van der Waals surface area contributed by atoms with Crippen LogP contribution in [0.4, 0.5) is 10.2 Å². The number of thiophene rings is 1. The van der Waals surface area contributed by atoms with Crippen LogP contribution in [0.25, 0.3) is 10.4 Å². The summed E-state index contributed by atoms with van der Waals surface area (Å²) >= 11 is 1.69. The van der Waals surface area contributed by atoms with Gasteiger partial charge in [-0.25, -0.2) is 15.2 Å². The van der Waals surface area contributed by atoms with Crippen molar-refractivity contribution in [1.82, 2.24) is 9.99 Å². The number of hydrazone groups is 1. The maximum atomic E-state index is 14.8. The summed E-state index contributed by atoms with van der Waals surface area (Å²) in [6.07, 6.45) is 2.42. The topological polar surface area (TPSA) is 130 Å². The lowest BCUT2D eigenvalue weighted by molar-refractivity contribution is 0.102. The summed E-state index contributed by atoms with van der Waals surface area (Å²) in [5.41, 5.74) is 1.82. The maximum absolute atomic E-state index is 14.8. The number of hydrogen-bond acceptors (Lipinski definition) is 7. The van der Waals surface area contributed by atoms with E-state index >= 15 is 0 Å². The van der Waals surface area contributed by atoms with Gasteiger partial charge in [0.25, 0.3) is 5.91 Å². The molecule has 0 saturated heterocycles. The molecule has 1 unspecified atom stereocenters. The van der Waals surface area contributed by atoms with E-state index in [1.54, 1.807) is 42.5 Å². The number of rotatable bonds is 7. The maximum Gasteiger partial charge on any atom is 0.259 e. The summed E-state index contributed by atoms with van der Waals surface area (Å²) in [6, 6.07) is 11.5. The van der Waals surface area contributed by atoms with Gasteiger partial charge in [0, 0.05) is 9.75 Å². The number of benzene rings is 1. The third kappa shape index (κ3) is 4.93. The van der Waals surface area contributed by atoms with Gasteiger partial charge in [-0.1, -0.05) is 6.07 Å². The number of pyridine rings is 1. The molecular weight excluding hydrogens is 455 g/mol. The van der Waals surface area contributed by atoms with Gasteiger partial charge in [-0.15, -0.1) is 11.3 Å². The predicted octanol–water partition coefficient (Wildman–Crippen LogP) is 3.56. The fourth-order valence-electron chi connectivity index (χ4n) is 3.57. The van der Waals surface area contributed by atoms with Crippen molar-refractivity contribution in [2.45, 2.75) is 38.6 Å². The first-order valence-corrected chi connectivity index (χ1v) is 11.8. The second kappa shape index (κ2) is 9.88. The fourth-order valence-corrected chi connectivity index (χ4v) is 4.83. The highest BCUT2D eigenvalue weighted by Gasteiger charge is 2.26. The lowest BCUT2D eigenvalue weighted by Crippen LogP contribution is -2.47. The summed E-state index contributed by atoms with van der Waals surface area (Å²) in [7, 11) is 0. The molecule has 1 atom stereocenters. The normalized spacial score (nSPS) is 14.7. The molecule has 1 fully saturated rings. The SMILES string of the molecule is Cc1cc(F)c(C(=O)Nc2cccc(/C(=N/N)N(N)C(C)CO)n2)cc1-c1ccc(C2CC2)s1. The first kappa shape index (κ1) is 23.8. The Kier molecular flexibility index (Phi) is 6.92. The van der Waals surface area contributed by atoms with E-state index in [1.165, 1.54) is 28.8 Å². The standard InChI is InChI=1S/C24H27FN6O2S/c1-13-10-18(25)17(11-16(13)21-9-8-20(34-21)15-6-7-15)24(33)29-22-5-3-4-19(28-22)23(30-26)31(27)14(2)12-32/h3-5,8-11,14-15,32H,6-7,12,26-27H2,1-2H3,(H,28,29,33)/b30-23-. The summed E-state index contributed by atoms with van der Waals surface area (Å²) in [5.74, 6) is 11.2. The summed E-state index contributed by atoms with van der Waals surface area (Å²) in [5, 5.41) is 16.8. The lowest BCUT2D eigenvalue weighted by Gasteiger charge is -2.25. The van der Waals surface area contributed by atoms with E-state index in [-0.39, 0.29) is 23.8 Å². The number of aryl methyl sites for hydroxylation is 1. The van der Waals surface area contributed by atoms with Crippen molar-refractivity contribution in [3.05, 3.63) is 70.0 Å². The van der Waals surface area contributed by atoms with Gasteiger partial charge in [0.15, 0.2) is 5.84 Å². The molecule has 6 N–H and O–H groups in total. The van der Waals surface area contributed by atoms with Gasteiger partial charge in [-0.2, -0.15) is 5.10 Å². The molecule has 0 aliphatic heterocycles. The van der Waals surface area contributed by atoms with Crippen molar-refractivity contribution in [3.8, 4) is 10.4 Å². The largest absolute Gasteiger partial charge is 0.394 e. The number of nitrogens with one attached hydrogen (secondary N) is 1. The molecule has 1 aliphatic carbocycles. The van der Waals surface area contributed by atoms with Crippen LogP contribution in [0.1, 0.15) is 52.2 Å². The predicted molar refractivity (Wildman–Crippen MR) is 132 cm³/mol. The Morgan fingerprint density at radius 1 is 1.35 bits per heavy atom. The number of amidine groups is 1. The molecule has 2 aromatic heterocycles. The molecule has 8 nitrogen and oxygen atoms in total. The molecule has 10 heteroatoms. The van der Waals surface area contributed by atoms with Gasteiger partial charge in [0.2, 0.25) is 0 Å². The highest BCUT2D eigenvalue weighted by atomic mass is 32.1. The number of aliphatic hydroxyl groups is 1. The van der Waals surface area contributed by atoms with Crippen LogP contribution >= 0.6 is 11.3 Å². The Balaban J connectivity index is 1.58. The number of nitrogens with two attached hydrogens (primary N) is 2. The minimum Gasteiger partial charge on any atom is -0.394 e. The third-order valence-corrected chi connectivity index (χ3v) is 7.04. The molecule has 1 aliphatic rings. The molecule has 178 valence electrons. The number of hydrogen-bond donors (Lipinski definition) is 4. The van der Waals surface area contributed by atoms with Gasteiger partial charge < -0.3 is 16.3 Å². The number of anilines is 1. The van der Waals surface area contributed by atoms with Crippen molar-refractivity contribution in [2.24, 2.45) is 16.8 Å². The Labute approximate surface area is 201 Å². The zero-order chi connectivity index (χ0) is 24.4.